The number of nitrogens with zero attached hydrogens (tertiary/aromatic N) is 3. The predicted octanol–water partition coefficient (Wildman–Crippen LogP) is 2.62. The van der Waals surface area contributed by atoms with Crippen molar-refractivity contribution >= 4 is 17.4 Å². The molecule has 0 bridgehead atoms. The van der Waals surface area contributed by atoms with E-state index >= 15 is 0 Å². The molecular weight excluding hydrogens is 226 g/mol. The Kier molecular flexibility index (Phi) is 4.80. The minimum Gasteiger partial charge on any atom is -0.490 e. The maximum atomic E-state index is 5.93. The molecule has 0 spiro atoms. The molecule has 0 unspecified atom stereocenters. The molecule has 1 aromatic heterocycles. The van der Waals surface area contributed by atoms with Gasteiger partial charge in [0.25, 0.3) is 0 Å². The zero-order valence-electron chi connectivity index (χ0n) is 10.2. The van der Waals surface area contributed by atoms with Crippen LogP contribution >= 0.6 is 11.6 Å². The Bertz CT molecular complexity index is 344. The SMILES string of the molecule is COc1c(Cl)ncnc1N(C)CCC(C)C. The fraction of sp³-hybridized carbons (Fsp3) is 0.636. The van der Waals surface area contributed by atoms with Crippen LogP contribution in [0.1, 0.15) is 20.3 Å². The molecule has 4 nitrogen and oxygen atoms in total. The number of anilines is 1. The lowest BCUT2D eigenvalue weighted by molar-refractivity contribution is 0.410. The van der Waals surface area contributed by atoms with Gasteiger partial charge in [-0.2, -0.15) is 0 Å². The van der Waals surface area contributed by atoms with Crippen LogP contribution in [0.2, 0.25) is 5.15 Å². The summed E-state index contributed by atoms with van der Waals surface area (Å²) < 4.78 is 5.21. The Morgan fingerprint density at radius 1 is 1.44 bits per heavy atom. The van der Waals surface area contributed by atoms with Crippen molar-refractivity contribution in [2.24, 2.45) is 5.92 Å². The van der Waals surface area contributed by atoms with Gasteiger partial charge >= 0.3 is 0 Å². The summed E-state index contributed by atoms with van der Waals surface area (Å²) in [5.41, 5.74) is 0. The molecule has 0 aliphatic carbocycles. The number of ether oxygens (including phenoxy) is 1. The third-order valence-electron chi connectivity index (χ3n) is 2.35. The van der Waals surface area contributed by atoms with Crippen LogP contribution in [0.3, 0.4) is 0 Å². The molecule has 0 atom stereocenters. The molecule has 1 rings (SSSR count). The van der Waals surface area contributed by atoms with E-state index in [1.807, 2.05) is 11.9 Å². The van der Waals surface area contributed by atoms with Gasteiger partial charge in [-0.25, -0.2) is 9.97 Å². The van der Waals surface area contributed by atoms with E-state index in [-0.39, 0.29) is 0 Å². The summed E-state index contributed by atoms with van der Waals surface area (Å²) in [6.45, 7) is 5.30. The molecule has 16 heavy (non-hydrogen) atoms. The largest absolute Gasteiger partial charge is 0.490 e. The van der Waals surface area contributed by atoms with Crippen LogP contribution in [0.15, 0.2) is 6.33 Å². The van der Waals surface area contributed by atoms with E-state index < -0.39 is 0 Å². The maximum absolute atomic E-state index is 5.93. The van der Waals surface area contributed by atoms with E-state index in [0.29, 0.717) is 16.8 Å². The lowest BCUT2D eigenvalue weighted by Crippen LogP contribution is -2.21. The molecule has 0 aliphatic heterocycles. The maximum Gasteiger partial charge on any atom is 0.199 e. The lowest BCUT2D eigenvalue weighted by atomic mass is 10.1. The fourth-order valence-corrected chi connectivity index (χ4v) is 1.55. The van der Waals surface area contributed by atoms with Gasteiger partial charge in [-0.3, -0.25) is 0 Å². The van der Waals surface area contributed by atoms with Gasteiger partial charge in [0.15, 0.2) is 16.7 Å². The second kappa shape index (κ2) is 5.89. The van der Waals surface area contributed by atoms with Gasteiger partial charge in [-0.05, 0) is 12.3 Å². The van der Waals surface area contributed by atoms with Crippen LogP contribution < -0.4 is 9.64 Å². The highest BCUT2D eigenvalue weighted by molar-refractivity contribution is 6.31. The molecule has 0 fully saturated rings. The Hall–Kier alpha value is -1.03. The highest BCUT2D eigenvalue weighted by Gasteiger charge is 2.14. The smallest absolute Gasteiger partial charge is 0.199 e. The zero-order valence-corrected chi connectivity index (χ0v) is 11.0. The molecule has 0 saturated heterocycles. The highest BCUT2D eigenvalue weighted by Crippen LogP contribution is 2.30. The molecule has 0 aliphatic rings. The quantitative estimate of drug-likeness (QED) is 0.746. The zero-order chi connectivity index (χ0) is 12.1. The van der Waals surface area contributed by atoms with Crippen molar-refractivity contribution in [3.05, 3.63) is 11.5 Å². The normalized spacial score (nSPS) is 10.6. The molecule has 1 aromatic rings. The van der Waals surface area contributed by atoms with Gasteiger partial charge < -0.3 is 9.64 Å². The molecule has 0 radical (unpaired) electrons. The van der Waals surface area contributed by atoms with Crippen LogP contribution in [-0.4, -0.2) is 30.7 Å². The molecule has 0 saturated carbocycles. The van der Waals surface area contributed by atoms with E-state index in [4.69, 9.17) is 16.3 Å². The van der Waals surface area contributed by atoms with E-state index in [0.717, 1.165) is 18.8 Å². The Morgan fingerprint density at radius 2 is 2.12 bits per heavy atom. The van der Waals surface area contributed by atoms with Gasteiger partial charge in [-0.1, -0.05) is 25.4 Å². The van der Waals surface area contributed by atoms with Crippen molar-refractivity contribution in [2.75, 3.05) is 25.6 Å². The first-order valence-corrected chi connectivity index (χ1v) is 5.69. The second-order valence-corrected chi connectivity index (χ2v) is 4.48. The molecule has 5 heteroatoms. The van der Waals surface area contributed by atoms with E-state index in [2.05, 4.69) is 23.8 Å². The van der Waals surface area contributed by atoms with Crippen LogP contribution in [0.25, 0.3) is 0 Å². The highest BCUT2D eigenvalue weighted by atomic mass is 35.5. The molecule has 1 heterocycles. The summed E-state index contributed by atoms with van der Waals surface area (Å²) in [6.07, 6.45) is 2.55. The summed E-state index contributed by atoms with van der Waals surface area (Å²) in [5, 5.41) is 0.351. The Balaban J connectivity index is 2.82. The van der Waals surface area contributed by atoms with Gasteiger partial charge in [0.2, 0.25) is 0 Å². The van der Waals surface area contributed by atoms with Crippen LogP contribution in [0.4, 0.5) is 5.82 Å². The third kappa shape index (κ3) is 3.23. The second-order valence-electron chi connectivity index (χ2n) is 4.13. The number of hydrogen-bond donors (Lipinski definition) is 0. The number of hydrogen-bond acceptors (Lipinski definition) is 4. The monoisotopic (exact) mass is 243 g/mol. The van der Waals surface area contributed by atoms with Gasteiger partial charge in [0.1, 0.15) is 6.33 Å². The van der Waals surface area contributed by atoms with Crippen molar-refractivity contribution in [1.29, 1.82) is 0 Å². The summed E-state index contributed by atoms with van der Waals surface area (Å²) in [7, 11) is 3.55. The van der Waals surface area contributed by atoms with E-state index in [1.54, 1.807) is 7.11 Å². The van der Waals surface area contributed by atoms with Crippen LogP contribution in [-0.2, 0) is 0 Å². The number of methoxy groups -OCH3 is 1. The Morgan fingerprint density at radius 3 is 2.69 bits per heavy atom. The van der Waals surface area contributed by atoms with E-state index in [1.165, 1.54) is 6.33 Å². The first kappa shape index (κ1) is 13.0. The average molecular weight is 244 g/mol. The topological polar surface area (TPSA) is 38.3 Å². The summed E-state index contributed by atoms with van der Waals surface area (Å²) in [6, 6.07) is 0. The first-order valence-electron chi connectivity index (χ1n) is 5.31. The van der Waals surface area contributed by atoms with Crippen LogP contribution in [0, 0.1) is 5.92 Å². The fourth-order valence-electron chi connectivity index (χ4n) is 1.35. The number of halogens is 1. The molecule has 0 aromatic carbocycles. The van der Waals surface area contributed by atoms with Crippen molar-refractivity contribution < 1.29 is 4.74 Å². The third-order valence-corrected chi connectivity index (χ3v) is 2.62. The number of aromatic nitrogens is 2. The Labute approximate surface area is 102 Å². The minimum absolute atomic E-state index is 0.351. The van der Waals surface area contributed by atoms with Crippen LogP contribution in [0.5, 0.6) is 5.75 Å². The lowest BCUT2D eigenvalue weighted by Gasteiger charge is -2.21. The van der Waals surface area contributed by atoms with Crippen molar-refractivity contribution in [2.45, 2.75) is 20.3 Å². The van der Waals surface area contributed by atoms with Crippen molar-refractivity contribution in [1.82, 2.24) is 9.97 Å². The molecular formula is C11H18ClN3O. The van der Waals surface area contributed by atoms with Crippen molar-refractivity contribution in [3.63, 3.8) is 0 Å². The van der Waals surface area contributed by atoms with E-state index in [9.17, 15) is 0 Å². The molecule has 0 amide bonds. The minimum atomic E-state index is 0.351. The summed E-state index contributed by atoms with van der Waals surface area (Å²) in [4.78, 5) is 10.1. The molecule has 90 valence electrons. The number of rotatable bonds is 5. The standard InChI is InChI=1S/C11H18ClN3O/c1-8(2)5-6-15(3)11-9(16-4)10(12)13-7-14-11/h7-8H,5-6H2,1-4H3. The van der Waals surface area contributed by atoms with Gasteiger partial charge in [0, 0.05) is 13.6 Å². The average Bonchev–Trinajstić information content (AvgIpc) is 2.25. The molecule has 0 N–H and O–H groups in total. The van der Waals surface area contributed by atoms with Gasteiger partial charge in [-0.15, -0.1) is 0 Å². The van der Waals surface area contributed by atoms with Crippen molar-refractivity contribution in [3.8, 4) is 5.75 Å². The van der Waals surface area contributed by atoms with Gasteiger partial charge in [0.05, 0.1) is 7.11 Å². The summed E-state index contributed by atoms with van der Waals surface area (Å²) in [5.74, 6) is 1.93. The predicted molar refractivity (Wildman–Crippen MR) is 66.3 cm³/mol. The summed E-state index contributed by atoms with van der Waals surface area (Å²) >= 11 is 5.93. The first-order chi connectivity index (χ1) is 7.56.